The van der Waals surface area contributed by atoms with E-state index in [-0.39, 0.29) is 5.91 Å². The maximum absolute atomic E-state index is 12.3. The van der Waals surface area contributed by atoms with Crippen molar-refractivity contribution in [1.82, 2.24) is 15.1 Å². The Kier molecular flexibility index (Phi) is 3.39. The van der Waals surface area contributed by atoms with Gasteiger partial charge in [0.2, 0.25) is 0 Å². The van der Waals surface area contributed by atoms with E-state index in [0.29, 0.717) is 17.1 Å². The van der Waals surface area contributed by atoms with Crippen LogP contribution in [-0.2, 0) is 13.6 Å². The third-order valence-corrected chi connectivity index (χ3v) is 4.47. The molecule has 0 aliphatic carbocycles. The first kappa shape index (κ1) is 13.6. The molecule has 0 aliphatic rings. The van der Waals surface area contributed by atoms with Crippen LogP contribution in [-0.4, -0.2) is 15.7 Å². The van der Waals surface area contributed by atoms with Crippen molar-refractivity contribution < 1.29 is 4.79 Å². The third-order valence-electron chi connectivity index (χ3n) is 3.29. The molecule has 0 spiro atoms. The number of hydrogen-bond donors (Lipinski definition) is 2. The smallest absolute Gasteiger partial charge is 0.263 e. The molecule has 3 rings (SSSR count). The summed E-state index contributed by atoms with van der Waals surface area (Å²) in [7, 11) is 1.84. The molecular weight excluding hydrogens is 284 g/mol. The number of nitrogens with zero attached hydrogens (tertiary/aromatic N) is 2. The molecule has 3 aromatic rings. The van der Waals surface area contributed by atoms with Crippen LogP contribution in [0.3, 0.4) is 0 Å². The lowest BCUT2D eigenvalue weighted by Crippen LogP contribution is -2.23. The van der Waals surface area contributed by atoms with E-state index >= 15 is 0 Å². The number of aromatic nitrogens is 2. The lowest BCUT2D eigenvalue weighted by atomic mass is 10.1. The van der Waals surface area contributed by atoms with E-state index in [4.69, 9.17) is 5.73 Å². The van der Waals surface area contributed by atoms with Crippen molar-refractivity contribution in [2.24, 2.45) is 7.05 Å². The molecule has 21 heavy (non-hydrogen) atoms. The summed E-state index contributed by atoms with van der Waals surface area (Å²) in [6.07, 6.45) is 1.85. The summed E-state index contributed by atoms with van der Waals surface area (Å²) >= 11 is 1.42. The van der Waals surface area contributed by atoms with E-state index in [1.54, 1.807) is 4.68 Å². The zero-order valence-corrected chi connectivity index (χ0v) is 12.7. The molecule has 0 unspecified atom stereocenters. The summed E-state index contributed by atoms with van der Waals surface area (Å²) in [6, 6.07) is 7.91. The van der Waals surface area contributed by atoms with Crippen LogP contribution in [0.4, 0.5) is 5.69 Å². The van der Waals surface area contributed by atoms with Crippen LogP contribution in [0.25, 0.3) is 10.1 Å². The number of anilines is 1. The summed E-state index contributed by atoms with van der Waals surface area (Å²) in [5.41, 5.74) is 8.62. The van der Waals surface area contributed by atoms with Crippen molar-refractivity contribution >= 4 is 33.0 Å². The second-order valence-electron chi connectivity index (χ2n) is 5.01. The minimum atomic E-state index is -0.156. The van der Waals surface area contributed by atoms with Crippen LogP contribution in [0.2, 0.25) is 0 Å². The Morgan fingerprint density at radius 2 is 2.24 bits per heavy atom. The largest absolute Gasteiger partial charge is 0.397 e. The first-order valence-corrected chi connectivity index (χ1v) is 7.41. The number of amides is 1. The first-order valence-electron chi connectivity index (χ1n) is 6.60. The van der Waals surface area contributed by atoms with Crippen LogP contribution >= 0.6 is 11.3 Å². The molecule has 0 fully saturated rings. The second kappa shape index (κ2) is 5.21. The van der Waals surface area contributed by atoms with E-state index in [1.165, 1.54) is 11.3 Å². The van der Waals surface area contributed by atoms with Gasteiger partial charge in [-0.25, -0.2) is 0 Å². The maximum Gasteiger partial charge on any atom is 0.263 e. The summed E-state index contributed by atoms with van der Waals surface area (Å²) in [4.78, 5) is 12.8. The topological polar surface area (TPSA) is 72.9 Å². The van der Waals surface area contributed by atoms with Crippen molar-refractivity contribution in [3.05, 3.63) is 46.6 Å². The van der Waals surface area contributed by atoms with E-state index in [2.05, 4.69) is 10.4 Å². The lowest BCUT2D eigenvalue weighted by Gasteiger charge is -2.02. The average Bonchev–Trinajstić information content (AvgIpc) is 3.01. The predicted molar refractivity (Wildman–Crippen MR) is 85.4 cm³/mol. The Bertz CT molecular complexity index is 818. The van der Waals surface area contributed by atoms with Gasteiger partial charge < -0.3 is 11.1 Å². The van der Waals surface area contributed by atoms with Crippen LogP contribution < -0.4 is 11.1 Å². The van der Waals surface area contributed by atoms with Gasteiger partial charge in [-0.2, -0.15) is 5.10 Å². The van der Waals surface area contributed by atoms with Crippen LogP contribution in [0.5, 0.6) is 0 Å². The number of carbonyl (C=O) groups is 1. The molecule has 1 aromatic carbocycles. The number of fused-ring (bicyclic) bond motifs is 1. The molecule has 0 saturated carbocycles. The molecule has 0 aliphatic heterocycles. The summed E-state index contributed by atoms with van der Waals surface area (Å²) in [5.74, 6) is -0.156. The van der Waals surface area contributed by atoms with Gasteiger partial charge in [0.05, 0.1) is 17.9 Å². The summed E-state index contributed by atoms with van der Waals surface area (Å²) < 4.78 is 2.74. The molecule has 5 nitrogen and oxygen atoms in total. The normalized spacial score (nSPS) is 11.0. The highest BCUT2D eigenvalue weighted by atomic mass is 32.1. The molecule has 2 aromatic heterocycles. The number of carbonyl (C=O) groups excluding carboxylic acids is 1. The molecule has 0 saturated heterocycles. The van der Waals surface area contributed by atoms with Crippen molar-refractivity contribution in [2.75, 3.05) is 5.73 Å². The number of benzene rings is 1. The van der Waals surface area contributed by atoms with Gasteiger partial charge in [0, 0.05) is 23.3 Å². The number of nitrogens with one attached hydrogen (secondary N) is 1. The number of nitrogens with two attached hydrogens (primary N) is 1. The van der Waals surface area contributed by atoms with Crippen LogP contribution in [0.1, 0.15) is 20.9 Å². The minimum Gasteiger partial charge on any atom is -0.397 e. The van der Waals surface area contributed by atoms with Gasteiger partial charge in [0.25, 0.3) is 5.91 Å². The maximum atomic E-state index is 12.3. The third kappa shape index (κ3) is 2.62. The molecule has 1 amide bonds. The highest BCUT2D eigenvalue weighted by molar-refractivity contribution is 7.21. The van der Waals surface area contributed by atoms with Crippen LogP contribution in [0.15, 0.2) is 30.5 Å². The number of aryl methyl sites for hydroxylation is 2. The van der Waals surface area contributed by atoms with Gasteiger partial charge >= 0.3 is 0 Å². The molecule has 108 valence electrons. The molecule has 0 atom stereocenters. The van der Waals surface area contributed by atoms with Crippen molar-refractivity contribution in [1.29, 1.82) is 0 Å². The Balaban J connectivity index is 1.82. The van der Waals surface area contributed by atoms with Crippen LogP contribution in [0, 0.1) is 6.92 Å². The summed E-state index contributed by atoms with van der Waals surface area (Å²) in [5, 5.41) is 8.04. The molecule has 3 N–H and O–H groups in total. The van der Waals surface area contributed by atoms with Crippen molar-refractivity contribution in [2.45, 2.75) is 13.5 Å². The van der Waals surface area contributed by atoms with E-state index in [1.807, 2.05) is 44.4 Å². The number of rotatable bonds is 3. The average molecular weight is 300 g/mol. The quantitative estimate of drug-likeness (QED) is 0.780. The fourth-order valence-electron chi connectivity index (χ4n) is 2.21. The highest BCUT2D eigenvalue weighted by Crippen LogP contribution is 2.34. The number of hydrogen-bond acceptors (Lipinski definition) is 4. The first-order chi connectivity index (χ1) is 10.0. The SMILES string of the molecule is Cc1ccc2sc(C(=O)NCc3ccn(C)n3)c(N)c2c1. The zero-order valence-electron chi connectivity index (χ0n) is 11.9. The van der Waals surface area contributed by atoms with E-state index in [0.717, 1.165) is 21.3 Å². The molecule has 6 heteroatoms. The highest BCUT2D eigenvalue weighted by Gasteiger charge is 2.16. The van der Waals surface area contributed by atoms with E-state index in [9.17, 15) is 4.79 Å². The number of nitrogen functional groups attached to an aromatic ring is 1. The molecule has 0 bridgehead atoms. The number of thiophene rings is 1. The zero-order chi connectivity index (χ0) is 15.0. The van der Waals surface area contributed by atoms with E-state index < -0.39 is 0 Å². The monoisotopic (exact) mass is 300 g/mol. The predicted octanol–water partition coefficient (Wildman–Crippen LogP) is 2.46. The van der Waals surface area contributed by atoms with Crippen molar-refractivity contribution in [3.63, 3.8) is 0 Å². The molecule has 0 radical (unpaired) electrons. The Hall–Kier alpha value is -2.34. The Morgan fingerprint density at radius 3 is 2.95 bits per heavy atom. The van der Waals surface area contributed by atoms with Crippen molar-refractivity contribution in [3.8, 4) is 0 Å². The minimum absolute atomic E-state index is 0.156. The summed E-state index contributed by atoms with van der Waals surface area (Å²) in [6.45, 7) is 2.41. The van der Waals surface area contributed by atoms with Gasteiger partial charge in [-0.1, -0.05) is 11.6 Å². The Labute approximate surface area is 126 Å². The molecule has 2 heterocycles. The lowest BCUT2D eigenvalue weighted by molar-refractivity contribution is 0.0955. The fourth-order valence-corrected chi connectivity index (χ4v) is 3.23. The standard InChI is InChI=1S/C15H16N4OS/c1-9-3-4-12-11(7-9)13(16)14(21-12)15(20)17-8-10-5-6-19(2)18-10/h3-7H,8,16H2,1-2H3,(H,17,20). The second-order valence-corrected chi connectivity index (χ2v) is 6.06. The van der Waals surface area contributed by atoms with Gasteiger partial charge in [0.15, 0.2) is 0 Å². The van der Waals surface area contributed by atoms with Gasteiger partial charge in [-0.05, 0) is 25.1 Å². The Morgan fingerprint density at radius 1 is 1.43 bits per heavy atom. The van der Waals surface area contributed by atoms with Gasteiger partial charge in [-0.15, -0.1) is 11.3 Å². The van der Waals surface area contributed by atoms with Gasteiger partial charge in [0.1, 0.15) is 4.88 Å². The molecular formula is C15H16N4OS. The van der Waals surface area contributed by atoms with Gasteiger partial charge in [-0.3, -0.25) is 9.48 Å². The fraction of sp³-hybridized carbons (Fsp3) is 0.200.